The van der Waals surface area contributed by atoms with Crippen LogP contribution in [0.2, 0.25) is 0 Å². The van der Waals surface area contributed by atoms with Crippen LogP contribution in [0.25, 0.3) is 0 Å². The standard InChI is InChI=1S/C19H32N6OS/c1-15-8-3-4-12-25(15)17-14-16(24-10-5-6-11-24)21-18(22-17)23-19(27)20-9-7-13-26-2/h14-15H,3-13H2,1-2H3,(H2,20,21,22,23,27)/t15-/m0/s1. The van der Waals surface area contributed by atoms with E-state index in [-0.39, 0.29) is 0 Å². The Bertz CT molecular complexity index is 622. The predicted molar refractivity (Wildman–Crippen MR) is 115 cm³/mol. The summed E-state index contributed by atoms with van der Waals surface area (Å²) in [6, 6.07) is 2.65. The number of nitrogens with zero attached hydrogens (tertiary/aromatic N) is 4. The highest BCUT2D eigenvalue weighted by molar-refractivity contribution is 7.80. The van der Waals surface area contributed by atoms with Gasteiger partial charge in [-0.05, 0) is 57.7 Å². The molecule has 2 fully saturated rings. The zero-order valence-electron chi connectivity index (χ0n) is 16.5. The van der Waals surface area contributed by atoms with Gasteiger partial charge in [0.15, 0.2) is 5.11 Å². The van der Waals surface area contributed by atoms with Gasteiger partial charge >= 0.3 is 0 Å². The number of methoxy groups -OCH3 is 1. The molecule has 0 amide bonds. The molecule has 0 aliphatic carbocycles. The maximum atomic E-state index is 5.42. The highest BCUT2D eigenvalue weighted by Gasteiger charge is 2.23. The molecular weight excluding hydrogens is 360 g/mol. The third-order valence-corrected chi connectivity index (χ3v) is 5.51. The minimum atomic E-state index is 0.507. The van der Waals surface area contributed by atoms with Crippen molar-refractivity contribution in [3.8, 4) is 0 Å². The second-order valence-electron chi connectivity index (χ2n) is 7.37. The SMILES string of the molecule is COCCCNC(=S)Nc1nc(N2CCCC2)cc(N2CCCC[C@@H]2C)n1. The summed E-state index contributed by atoms with van der Waals surface area (Å²) in [5, 5.41) is 6.93. The maximum Gasteiger partial charge on any atom is 0.232 e. The molecule has 7 nitrogen and oxygen atoms in total. The molecule has 2 saturated heterocycles. The summed E-state index contributed by atoms with van der Waals surface area (Å²) in [7, 11) is 1.71. The third-order valence-electron chi connectivity index (χ3n) is 5.26. The topological polar surface area (TPSA) is 65.6 Å². The second-order valence-corrected chi connectivity index (χ2v) is 7.78. The summed E-state index contributed by atoms with van der Waals surface area (Å²) in [6.45, 7) is 6.94. The minimum absolute atomic E-state index is 0.507. The molecule has 2 aliphatic rings. The molecule has 0 spiro atoms. The van der Waals surface area contributed by atoms with Crippen LogP contribution in [-0.2, 0) is 4.74 Å². The molecule has 1 aromatic heterocycles. The van der Waals surface area contributed by atoms with Crippen molar-refractivity contribution in [1.29, 1.82) is 0 Å². The van der Waals surface area contributed by atoms with Crippen LogP contribution >= 0.6 is 12.2 Å². The second kappa shape index (κ2) is 10.0. The molecule has 0 unspecified atom stereocenters. The van der Waals surface area contributed by atoms with E-state index in [2.05, 4.69) is 33.4 Å². The lowest BCUT2D eigenvalue weighted by atomic mass is 10.0. The van der Waals surface area contributed by atoms with E-state index in [1.165, 1.54) is 32.1 Å². The monoisotopic (exact) mass is 392 g/mol. The number of piperidine rings is 1. The van der Waals surface area contributed by atoms with Gasteiger partial charge in [0.05, 0.1) is 0 Å². The third kappa shape index (κ3) is 5.65. The Morgan fingerprint density at radius 2 is 1.93 bits per heavy atom. The summed E-state index contributed by atoms with van der Waals surface area (Å²) in [5.74, 6) is 2.58. The van der Waals surface area contributed by atoms with E-state index in [4.69, 9.17) is 26.9 Å². The van der Waals surface area contributed by atoms with E-state index in [0.29, 0.717) is 23.7 Å². The van der Waals surface area contributed by atoms with Gasteiger partial charge in [-0.15, -0.1) is 0 Å². The van der Waals surface area contributed by atoms with E-state index in [1.54, 1.807) is 7.11 Å². The van der Waals surface area contributed by atoms with Crippen LogP contribution < -0.4 is 20.4 Å². The minimum Gasteiger partial charge on any atom is -0.385 e. The largest absolute Gasteiger partial charge is 0.385 e. The van der Waals surface area contributed by atoms with Gasteiger partial charge in [-0.25, -0.2) is 0 Å². The molecule has 0 bridgehead atoms. The molecule has 1 atom stereocenters. The molecule has 0 saturated carbocycles. The number of hydrogen-bond donors (Lipinski definition) is 2. The van der Waals surface area contributed by atoms with Crippen molar-refractivity contribution < 1.29 is 4.74 Å². The lowest BCUT2D eigenvalue weighted by Crippen LogP contribution is -2.38. The van der Waals surface area contributed by atoms with Crippen molar-refractivity contribution in [2.75, 3.05) is 55.0 Å². The predicted octanol–water partition coefficient (Wildman–Crippen LogP) is 2.78. The molecular formula is C19H32N6OS. The number of anilines is 3. The fraction of sp³-hybridized carbons (Fsp3) is 0.737. The Hall–Kier alpha value is -1.67. The fourth-order valence-corrected chi connectivity index (χ4v) is 3.93. The molecule has 3 rings (SSSR count). The van der Waals surface area contributed by atoms with Gasteiger partial charge in [-0.1, -0.05) is 0 Å². The zero-order chi connectivity index (χ0) is 19.1. The molecule has 0 aromatic carbocycles. The number of ether oxygens (including phenoxy) is 1. The van der Waals surface area contributed by atoms with Gasteiger partial charge in [-0.3, -0.25) is 0 Å². The smallest absolute Gasteiger partial charge is 0.232 e. The quantitative estimate of drug-likeness (QED) is 0.542. The van der Waals surface area contributed by atoms with E-state index in [0.717, 1.165) is 44.2 Å². The van der Waals surface area contributed by atoms with E-state index in [1.807, 2.05) is 0 Å². The summed E-state index contributed by atoms with van der Waals surface area (Å²) in [4.78, 5) is 14.3. The lowest BCUT2D eigenvalue weighted by molar-refractivity contribution is 0.196. The van der Waals surface area contributed by atoms with Crippen LogP contribution in [0.1, 0.15) is 45.4 Å². The average Bonchev–Trinajstić information content (AvgIpc) is 3.20. The van der Waals surface area contributed by atoms with Crippen LogP contribution in [0, 0.1) is 0 Å². The molecule has 2 N–H and O–H groups in total. The first-order chi connectivity index (χ1) is 13.2. The Balaban J connectivity index is 1.74. The van der Waals surface area contributed by atoms with Crippen LogP contribution in [0.15, 0.2) is 6.07 Å². The van der Waals surface area contributed by atoms with Gasteiger partial charge in [0, 0.05) is 52.0 Å². The van der Waals surface area contributed by atoms with Gasteiger partial charge in [0.1, 0.15) is 11.6 Å². The molecule has 8 heteroatoms. The first-order valence-corrected chi connectivity index (χ1v) is 10.5. The molecule has 3 heterocycles. The number of rotatable bonds is 7. The van der Waals surface area contributed by atoms with Crippen molar-refractivity contribution in [3.05, 3.63) is 6.07 Å². The number of hydrogen-bond acceptors (Lipinski definition) is 6. The van der Waals surface area contributed by atoms with E-state index in [9.17, 15) is 0 Å². The highest BCUT2D eigenvalue weighted by Crippen LogP contribution is 2.28. The Morgan fingerprint density at radius 1 is 1.19 bits per heavy atom. The maximum absolute atomic E-state index is 5.42. The van der Waals surface area contributed by atoms with Crippen LogP contribution in [0.5, 0.6) is 0 Å². The Labute approximate surface area is 167 Å². The lowest BCUT2D eigenvalue weighted by Gasteiger charge is -2.35. The molecule has 1 aromatic rings. The van der Waals surface area contributed by atoms with Gasteiger partial charge in [-0.2, -0.15) is 9.97 Å². The molecule has 27 heavy (non-hydrogen) atoms. The van der Waals surface area contributed by atoms with Crippen molar-refractivity contribution in [3.63, 3.8) is 0 Å². The van der Waals surface area contributed by atoms with Crippen LogP contribution in [0.4, 0.5) is 17.6 Å². The van der Waals surface area contributed by atoms with Gasteiger partial charge in [0.25, 0.3) is 0 Å². The van der Waals surface area contributed by atoms with Crippen molar-refractivity contribution in [2.24, 2.45) is 0 Å². The van der Waals surface area contributed by atoms with Gasteiger partial charge in [0.2, 0.25) is 5.95 Å². The van der Waals surface area contributed by atoms with Crippen LogP contribution in [0.3, 0.4) is 0 Å². The molecule has 0 radical (unpaired) electrons. The number of nitrogens with one attached hydrogen (secondary N) is 2. The normalized spacial score (nSPS) is 20.0. The van der Waals surface area contributed by atoms with E-state index < -0.39 is 0 Å². The fourth-order valence-electron chi connectivity index (χ4n) is 3.74. The first kappa shape index (κ1) is 20.1. The summed E-state index contributed by atoms with van der Waals surface area (Å²) >= 11 is 5.42. The first-order valence-electron chi connectivity index (χ1n) is 10.1. The Kier molecular flexibility index (Phi) is 7.46. The van der Waals surface area contributed by atoms with Gasteiger partial charge < -0.3 is 25.2 Å². The molecule has 150 valence electrons. The van der Waals surface area contributed by atoms with Crippen LogP contribution in [-0.4, -0.2) is 61.0 Å². The average molecular weight is 393 g/mol. The molecule has 2 aliphatic heterocycles. The number of thiocarbonyl (C=S) groups is 1. The van der Waals surface area contributed by atoms with Crippen molar-refractivity contribution in [2.45, 2.75) is 51.5 Å². The Morgan fingerprint density at radius 3 is 2.67 bits per heavy atom. The van der Waals surface area contributed by atoms with E-state index >= 15 is 0 Å². The summed E-state index contributed by atoms with van der Waals surface area (Å²) in [5.41, 5.74) is 0. The summed E-state index contributed by atoms with van der Waals surface area (Å²) in [6.07, 6.45) is 7.08. The number of aromatic nitrogens is 2. The van der Waals surface area contributed by atoms with Crippen molar-refractivity contribution >= 4 is 34.9 Å². The zero-order valence-corrected chi connectivity index (χ0v) is 17.4. The highest BCUT2D eigenvalue weighted by atomic mass is 32.1. The van der Waals surface area contributed by atoms with Crippen molar-refractivity contribution in [1.82, 2.24) is 15.3 Å². The summed E-state index contributed by atoms with van der Waals surface area (Å²) < 4.78 is 5.07.